The minimum atomic E-state index is -0.276. The van der Waals surface area contributed by atoms with Gasteiger partial charge in [0.25, 0.3) is 0 Å². The molecule has 0 bridgehead atoms. The third-order valence-corrected chi connectivity index (χ3v) is 6.44. The summed E-state index contributed by atoms with van der Waals surface area (Å²) in [5, 5.41) is 0.673. The van der Waals surface area contributed by atoms with E-state index in [4.69, 9.17) is 0 Å². The SMILES string of the molecule is CC(=O)N1CCN(C(=O)CN(Cc2ccccc2)c2nc(Cc3ccc(F)cc3)ns2)CC1. The van der Waals surface area contributed by atoms with Crippen LogP contribution in [0.3, 0.4) is 0 Å². The van der Waals surface area contributed by atoms with Crippen LogP contribution in [0.15, 0.2) is 54.6 Å². The van der Waals surface area contributed by atoms with Crippen molar-refractivity contribution < 1.29 is 14.0 Å². The van der Waals surface area contributed by atoms with E-state index in [9.17, 15) is 14.0 Å². The molecular weight excluding hydrogens is 441 g/mol. The van der Waals surface area contributed by atoms with Gasteiger partial charge in [0, 0.05) is 57.6 Å². The molecule has 0 unspecified atom stereocenters. The Labute approximate surface area is 196 Å². The highest BCUT2D eigenvalue weighted by Crippen LogP contribution is 2.22. The van der Waals surface area contributed by atoms with Crippen molar-refractivity contribution in [3.05, 3.63) is 77.4 Å². The number of halogens is 1. The molecular formula is C24H26FN5O2S. The molecule has 9 heteroatoms. The molecule has 2 heterocycles. The Hall–Kier alpha value is -3.33. The van der Waals surface area contributed by atoms with Crippen LogP contribution in [-0.2, 0) is 22.6 Å². The van der Waals surface area contributed by atoms with Gasteiger partial charge >= 0.3 is 0 Å². The number of amides is 2. The highest BCUT2D eigenvalue weighted by molar-refractivity contribution is 7.09. The smallest absolute Gasteiger partial charge is 0.242 e. The fraction of sp³-hybridized carbons (Fsp3) is 0.333. The number of benzene rings is 2. The second kappa shape index (κ2) is 10.5. The fourth-order valence-corrected chi connectivity index (χ4v) is 4.44. The normalized spacial score (nSPS) is 13.8. The van der Waals surface area contributed by atoms with Gasteiger partial charge in [-0.3, -0.25) is 9.59 Å². The predicted molar refractivity (Wildman–Crippen MR) is 125 cm³/mol. The molecule has 4 rings (SSSR count). The average molecular weight is 468 g/mol. The molecule has 172 valence electrons. The number of carbonyl (C=O) groups is 2. The van der Waals surface area contributed by atoms with Crippen LogP contribution in [0.1, 0.15) is 23.9 Å². The van der Waals surface area contributed by atoms with Crippen LogP contribution in [-0.4, -0.2) is 63.7 Å². The van der Waals surface area contributed by atoms with E-state index in [0.29, 0.717) is 50.1 Å². The Balaban J connectivity index is 1.47. The molecule has 1 aliphatic heterocycles. The minimum absolute atomic E-state index is 0.00409. The van der Waals surface area contributed by atoms with Crippen LogP contribution in [0.25, 0.3) is 0 Å². The van der Waals surface area contributed by atoms with E-state index in [-0.39, 0.29) is 24.2 Å². The van der Waals surface area contributed by atoms with Gasteiger partial charge in [-0.2, -0.15) is 4.37 Å². The average Bonchev–Trinajstić information content (AvgIpc) is 3.29. The van der Waals surface area contributed by atoms with Crippen molar-refractivity contribution >= 4 is 28.5 Å². The second-order valence-corrected chi connectivity index (χ2v) is 8.76. The lowest BCUT2D eigenvalue weighted by Crippen LogP contribution is -2.52. The molecule has 2 amide bonds. The van der Waals surface area contributed by atoms with Gasteiger partial charge in [-0.15, -0.1) is 0 Å². The monoisotopic (exact) mass is 467 g/mol. The van der Waals surface area contributed by atoms with E-state index in [1.807, 2.05) is 35.2 Å². The van der Waals surface area contributed by atoms with Crippen molar-refractivity contribution in [2.45, 2.75) is 19.9 Å². The van der Waals surface area contributed by atoms with Crippen LogP contribution < -0.4 is 4.90 Å². The lowest BCUT2D eigenvalue weighted by atomic mass is 10.1. The molecule has 33 heavy (non-hydrogen) atoms. The maximum absolute atomic E-state index is 13.2. The van der Waals surface area contributed by atoms with Gasteiger partial charge in [0.15, 0.2) is 0 Å². The summed E-state index contributed by atoms with van der Waals surface area (Å²) in [6.07, 6.45) is 0.497. The number of rotatable bonds is 7. The van der Waals surface area contributed by atoms with E-state index in [0.717, 1.165) is 11.1 Å². The third kappa shape index (κ3) is 6.13. The minimum Gasteiger partial charge on any atom is -0.339 e. The van der Waals surface area contributed by atoms with E-state index < -0.39 is 0 Å². The molecule has 0 spiro atoms. The Bertz CT molecular complexity index is 1080. The first-order valence-corrected chi connectivity index (χ1v) is 11.6. The second-order valence-electron chi connectivity index (χ2n) is 8.02. The van der Waals surface area contributed by atoms with Gasteiger partial charge in [-0.05, 0) is 23.3 Å². The summed E-state index contributed by atoms with van der Waals surface area (Å²) in [4.78, 5) is 34.8. The summed E-state index contributed by atoms with van der Waals surface area (Å²) in [6.45, 7) is 4.44. The van der Waals surface area contributed by atoms with Crippen molar-refractivity contribution in [1.29, 1.82) is 0 Å². The first kappa shape index (κ1) is 22.8. The summed E-state index contributed by atoms with van der Waals surface area (Å²) in [6, 6.07) is 16.2. The van der Waals surface area contributed by atoms with Gasteiger partial charge in [-0.1, -0.05) is 42.5 Å². The summed E-state index contributed by atoms with van der Waals surface area (Å²) in [7, 11) is 0. The number of anilines is 1. The van der Waals surface area contributed by atoms with E-state index in [1.54, 1.807) is 28.9 Å². The summed E-state index contributed by atoms with van der Waals surface area (Å²) >= 11 is 1.26. The van der Waals surface area contributed by atoms with Crippen LogP contribution in [0.2, 0.25) is 0 Å². The van der Waals surface area contributed by atoms with Gasteiger partial charge in [0.2, 0.25) is 16.9 Å². The molecule has 0 radical (unpaired) electrons. The van der Waals surface area contributed by atoms with Crippen LogP contribution in [0, 0.1) is 5.82 Å². The molecule has 0 aliphatic carbocycles. The van der Waals surface area contributed by atoms with Gasteiger partial charge in [0.1, 0.15) is 11.6 Å². The van der Waals surface area contributed by atoms with Gasteiger partial charge in [0.05, 0.1) is 6.54 Å². The highest BCUT2D eigenvalue weighted by atomic mass is 32.1. The zero-order valence-electron chi connectivity index (χ0n) is 18.5. The molecule has 0 N–H and O–H groups in total. The number of carbonyl (C=O) groups excluding carboxylic acids is 2. The quantitative estimate of drug-likeness (QED) is 0.534. The zero-order chi connectivity index (χ0) is 23.2. The summed E-state index contributed by atoms with van der Waals surface area (Å²) in [5.41, 5.74) is 2.00. The lowest BCUT2D eigenvalue weighted by molar-refractivity contribution is -0.137. The Morgan fingerprint density at radius 3 is 2.30 bits per heavy atom. The zero-order valence-corrected chi connectivity index (χ0v) is 19.3. The number of aromatic nitrogens is 2. The molecule has 1 fully saturated rings. The van der Waals surface area contributed by atoms with Crippen molar-refractivity contribution in [2.75, 3.05) is 37.6 Å². The van der Waals surface area contributed by atoms with Crippen molar-refractivity contribution in [1.82, 2.24) is 19.2 Å². The molecule has 2 aromatic carbocycles. The first-order valence-electron chi connectivity index (χ1n) is 10.9. The van der Waals surface area contributed by atoms with Crippen LogP contribution in [0.5, 0.6) is 0 Å². The number of hydrogen-bond acceptors (Lipinski definition) is 6. The standard InChI is InChI=1S/C24H26FN5O2S/c1-18(31)28-11-13-29(14-12-28)23(32)17-30(16-20-5-3-2-4-6-20)24-26-22(27-33-24)15-19-7-9-21(25)10-8-19/h2-10H,11-17H2,1H3. The summed E-state index contributed by atoms with van der Waals surface area (Å²) in [5.74, 6) is 0.407. The van der Waals surface area contributed by atoms with Crippen LogP contribution in [0.4, 0.5) is 9.52 Å². The highest BCUT2D eigenvalue weighted by Gasteiger charge is 2.25. The number of hydrogen-bond donors (Lipinski definition) is 0. The molecule has 0 saturated carbocycles. The molecule has 1 saturated heterocycles. The Kier molecular flexibility index (Phi) is 7.29. The van der Waals surface area contributed by atoms with Crippen LogP contribution >= 0.6 is 11.5 Å². The Morgan fingerprint density at radius 1 is 0.970 bits per heavy atom. The molecule has 0 atom stereocenters. The van der Waals surface area contributed by atoms with Gasteiger partial charge in [-0.25, -0.2) is 9.37 Å². The molecule has 7 nitrogen and oxygen atoms in total. The van der Waals surface area contributed by atoms with Crippen molar-refractivity contribution in [2.24, 2.45) is 0 Å². The molecule has 3 aromatic rings. The first-order chi connectivity index (χ1) is 16.0. The maximum Gasteiger partial charge on any atom is 0.242 e. The Morgan fingerprint density at radius 2 is 1.64 bits per heavy atom. The number of piperazine rings is 1. The third-order valence-electron chi connectivity index (χ3n) is 5.62. The largest absolute Gasteiger partial charge is 0.339 e. The summed E-state index contributed by atoms with van der Waals surface area (Å²) < 4.78 is 17.7. The lowest BCUT2D eigenvalue weighted by Gasteiger charge is -2.35. The molecule has 1 aliphatic rings. The van der Waals surface area contributed by atoms with E-state index in [1.165, 1.54) is 23.7 Å². The van der Waals surface area contributed by atoms with Crippen molar-refractivity contribution in [3.8, 4) is 0 Å². The predicted octanol–water partition coefficient (Wildman–Crippen LogP) is 2.97. The molecule has 1 aromatic heterocycles. The van der Waals surface area contributed by atoms with Crippen molar-refractivity contribution in [3.63, 3.8) is 0 Å². The van der Waals surface area contributed by atoms with Gasteiger partial charge < -0.3 is 14.7 Å². The maximum atomic E-state index is 13.2. The number of nitrogens with zero attached hydrogens (tertiary/aromatic N) is 5. The van der Waals surface area contributed by atoms with E-state index >= 15 is 0 Å². The fourth-order valence-electron chi connectivity index (χ4n) is 3.76. The topological polar surface area (TPSA) is 69.6 Å². The van der Waals surface area contributed by atoms with E-state index in [2.05, 4.69) is 9.36 Å².